The van der Waals surface area contributed by atoms with E-state index in [1.165, 1.54) is 12.1 Å². The molecule has 0 aliphatic carbocycles. The van der Waals surface area contributed by atoms with Crippen molar-refractivity contribution in [2.24, 2.45) is 0 Å². The highest BCUT2D eigenvalue weighted by Gasteiger charge is 2.10. The minimum Gasteiger partial charge on any atom is -0.441 e. The Kier molecular flexibility index (Phi) is 5.05. The lowest BCUT2D eigenvalue weighted by Gasteiger charge is -2.05. The quantitative estimate of drug-likeness (QED) is 0.388. The molecule has 2 aromatic carbocycles. The number of fused-ring (bicyclic) bond motifs is 1. The van der Waals surface area contributed by atoms with Crippen molar-refractivity contribution in [1.29, 1.82) is 0 Å². The van der Waals surface area contributed by atoms with Crippen LogP contribution in [0.4, 0.5) is 10.1 Å². The molecule has 154 valence electrons. The molecular formula is C23H17FN4O2S. The van der Waals surface area contributed by atoms with Crippen LogP contribution >= 0.6 is 11.3 Å². The molecule has 0 spiro atoms. The Balaban J connectivity index is 1.17. The summed E-state index contributed by atoms with van der Waals surface area (Å²) in [5.74, 6) is 0.574. The summed E-state index contributed by atoms with van der Waals surface area (Å²) in [6, 6.07) is 13.6. The van der Waals surface area contributed by atoms with Crippen LogP contribution in [0.15, 0.2) is 76.9 Å². The highest BCUT2D eigenvalue weighted by Crippen LogP contribution is 2.24. The molecular weight excluding hydrogens is 415 g/mol. The Bertz CT molecular complexity index is 1310. The van der Waals surface area contributed by atoms with Gasteiger partial charge in [-0.15, -0.1) is 11.3 Å². The van der Waals surface area contributed by atoms with E-state index in [0.717, 1.165) is 21.8 Å². The van der Waals surface area contributed by atoms with Gasteiger partial charge in [-0.05, 0) is 36.4 Å². The second-order valence-corrected chi connectivity index (χ2v) is 7.84. The topological polar surface area (TPSA) is 72.4 Å². The fourth-order valence-electron chi connectivity index (χ4n) is 3.21. The van der Waals surface area contributed by atoms with E-state index in [4.69, 9.17) is 4.42 Å². The summed E-state index contributed by atoms with van der Waals surface area (Å²) in [6.07, 6.45) is 6.15. The van der Waals surface area contributed by atoms with Crippen molar-refractivity contribution in [2.75, 3.05) is 5.32 Å². The fraction of sp³-hybridized carbons (Fsp3) is 0.0870. The van der Waals surface area contributed by atoms with E-state index in [9.17, 15) is 9.18 Å². The zero-order valence-electron chi connectivity index (χ0n) is 16.3. The van der Waals surface area contributed by atoms with Gasteiger partial charge < -0.3 is 9.73 Å². The van der Waals surface area contributed by atoms with Gasteiger partial charge in [0.15, 0.2) is 16.6 Å². The van der Waals surface area contributed by atoms with Crippen LogP contribution in [-0.4, -0.2) is 20.3 Å². The molecule has 31 heavy (non-hydrogen) atoms. The molecule has 3 aromatic heterocycles. The van der Waals surface area contributed by atoms with Crippen LogP contribution in [0.2, 0.25) is 0 Å². The molecule has 0 saturated carbocycles. The Labute approximate surface area is 181 Å². The number of aryl methyl sites for hydroxylation is 1. The van der Waals surface area contributed by atoms with Crippen molar-refractivity contribution in [3.63, 3.8) is 0 Å². The van der Waals surface area contributed by atoms with E-state index in [1.54, 1.807) is 29.7 Å². The monoisotopic (exact) mass is 432 g/mol. The van der Waals surface area contributed by atoms with Gasteiger partial charge in [0.1, 0.15) is 5.82 Å². The molecule has 1 N–H and O–H groups in total. The molecule has 0 aliphatic heterocycles. The van der Waals surface area contributed by atoms with Crippen LogP contribution in [0.3, 0.4) is 0 Å². The number of imidazole rings is 1. The number of hydrogen-bond donors (Lipinski definition) is 1. The highest BCUT2D eigenvalue weighted by molar-refractivity contribution is 7.15. The zero-order valence-corrected chi connectivity index (χ0v) is 17.1. The van der Waals surface area contributed by atoms with Crippen molar-refractivity contribution in [2.45, 2.75) is 12.8 Å². The first-order chi connectivity index (χ1) is 15.1. The number of halogens is 1. The van der Waals surface area contributed by atoms with Gasteiger partial charge in [-0.1, -0.05) is 12.1 Å². The lowest BCUT2D eigenvalue weighted by atomic mass is 10.1. The molecule has 0 saturated heterocycles. The number of carbonyl (C=O) groups excluding carboxylic acids is 1. The summed E-state index contributed by atoms with van der Waals surface area (Å²) in [7, 11) is 0. The molecule has 3 heterocycles. The van der Waals surface area contributed by atoms with Gasteiger partial charge in [-0.25, -0.2) is 14.4 Å². The maximum atomic E-state index is 13.0. The average Bonchev–Trinajstić information content (AvgIpc) is 3.50. The van der Waals surface area contributed by atoms with Crippen molar-refractivity contribution in [3.05, 3.63) is 84.2 Å². The molecule has 6 nitrogen and oxygen atoms in total. The van der Waals surface area contributed by atoms with Gasteiger partial charge in [0.2, 0.25) is 5.91 Å². The number of thiazole rings is 1. The van der Waals surface area contributed by atoms with Crippen LogP contribution in [-0.2, 0) is 11.2 Å². The summed E-state index contributed by atoms with van der Waals surface area (Å²) < 4.78 is 20.7. The Morgan fingerprint density at radius 3 is 2.65 bits per heavy atom. The standard InChI is InChI=1S/C23H17FN4O2S/c24-17-5-1-16(2-6-17)20-13-25-22(30-20)10-9-21(29)26-18-7-3-15(4-8-18)19-14-28-11-12-31-23(28)27-19/h1-8,11-14H,9-10H2,(H,26,29). The van der Waals surface area contributed by atoms with Crippen LogP contribution in [0.1, 0.15) is 12.3 Å². The molecule has 1 amide bonds. The zero-order chi connectivity index (χ0) is 21.2. The summed E-state index contributed by atoms with van der Waals surface area (Å²) in [5.41, 5.74) is 3.34. The molecule has 0 aliphatic rings. The summed E-state index contributed by atoms with van der Waals surface area (Å²) in [6.45, 7) is 0. The van der Waals surface area contributed by atoms with E-state index >= 15 is 0 Å². The number of amides is 1. The molecule has 0 bridgehead atoms. The van der Waals surface area contributed by atoms with E-state index in [-0.39, 0.29) is 18.1 Å². The van der Waals surface area contributed by atoms with Gasteiger partial charge in [0, 0.05) is 47.4 Å². The van der Waals surface area contributed by atoms with Gasteiger partial charge in [0.05, 0.1) is 11.9 Å². The van der Waals surface area contributed by atoms with Crippen LogP contribution in [0, 0.1) is 5.82 Å². The first-order valence-corrected chi connectivity index (χ1v) is 10.6. The molecule has 0 unspecified atom stereocenters. The maximum absolute atomic E-state index is 13.0. The summed E-state index contributed by atoms with van der Waals surface area (Å²) in [5, 5.41) is 4.88. The number of aromatic nitrogens is 3. The maximum Gasteiger partial charge on any atom is 0.224 e. The molecule has 0 fully saturated rings. The molecule has 0 atom stereocenters. The van der Waals surface area contributed by atoms with Gasteiger partial charge >= 0.3 is 0 Å². The molecule has 0 radical (unpaired) electrons. The number of anilines is 1. The van der Waals surface area contributed by atoms with Crippen LogP contribution in [0.25, 0.3) is 27.5 Å². The van der Waals surface area contributed by atoms with E-state index in [1.807, 2.05) is 46.4 Å². The fourth-order valence-corrected chi connectivity index (χ4v) is 3.91. The average molecular weight is 432 g/mol. The smallest absolute Gasteiger partial charge is 0.224 e. The van der Waals surface area contributed by atoms with Gasteiger partial charge in [0.25, 0.3) is 0 Å². The Morgan fingerprint density at radius 1 is 1.10 bits per heavy atom. The number of benzene rings is 2. The van der Waals surface area contributed by atoms with Gasteiger partial charge in [-0.3, -0.25) is 9.20 Å². The van der Waals surface area contributed by atoms with Crippen LogP contribution in [0.5, 0.6) is 0 Å². The first-order valence-electron chi connectivity index (χ1n) is 9.67. The normalized spacial score (nSPS) is 11.1. The lowest BCUT2D eigenvalue weighted by Crippen LogP contribution is -2.12. The third-order valence-electron chi connectivity index (χ3n) is 4.81. The number of nitrogens with zero attached hydrogens (tertiary/aromatic N) is 3. The highest BCUT2D eigenvalue weighted by atomic mass is 32.1. The third kappa shape index (κ3) is 4.24. The van der Waals surface area contributed by atoms with E-state index < -0.39 is 0 Å². The van der Waals surface area contributed by atoms with Crippen molar-refractivity contribution >= 4 is 27.9 Å². The van der Waals surface area contributed by atoms with Crippen molar-refractivity contribution < 1.29 is 13.6 Å². The predicted octanol–water partition coefficient (Wildman–Crippen LogP) is 5.43. The van der Waals surface area contributed by atoms with E-state index in [0.29, 0.717) is 23.8 Å². The third-order valence-corrected chi connectivity index (χ3v) is 5.58. The SMILES string of the molecule is O=C(CCc1ncc(-c2ccc(F)cc2)o1)Nc1ccc(-c2cn3ccsc3n2)cc1. The molecule has 8 heteroatoms. The Hall–Kier alpha value is -3.78. The molecule has 5 rings (SSSR count). The predicted molar refractivity (Wildman–Crippen MR) is 117 cm³/mol. The first kappa shape index (κ1) is 19.2. The number of nitrogens with one attached hydrogen (secondary N) is 1. The Morgan fingerprint density at radius 2 is 1.87 bits per heavy atom. The van der Waals surface area contributed by atoms with Crippen molar-refractivity contribution in [1.82, 2.24) is 14.4 Å². The summed E-state index contributed by atoms with van der Waals surface area (Å²) in [4.78, 5) is 22.0. The second kappa shape index (κ2) is 8.16. The largest absolute Gasteiger partial charge is 0.441 e. The number of hydrogen-bond acceptors (Lipinski definition) is 5. The lowest BCUT2D eigenvalue weighted by molar-refractivity contribution is -0.116. The molecule has 5 aromatic rings. The van der Waals surface area contributed by atoms with Crippen molar-refractivity contribution in [3.8, 4) is 22.6 Å². The van der Waals surface area contributed by atoms with E-state index in [2.05, 4.69) is 15.3 Å². The number of oxazole rings is 1. The van der Waals surface area contributed by atoms with Crippen LogP contribution < -0.4 is 5.32 Å². The minimum absolute atomic E-state index is 0.128. The minimum atomic E-state index is -0.307. The second-order valence-electron chi connectivity index (χ2n) is 6.97. The number of rotatable bonds is 6. The summed E-state index contributed by atoms with van der Waals surface area (Å²) >= 11 is 1.59. The van der Waals surface area contributed by atoms with Gasteiger partial charge in [-0.2, -0.15) is 0 Å². The number of carbonyl (C=O) groups is 1.